The number of nitrogens with zero attached hydrogens (tertiary/aromatic N) is 1. The zero-order chi connectivity index (χ0) is 17.2. The van der Waals surface area contributed by atoms with Crippen LogP contribution in [0.15, 0.2) is 12.2 Å². The number of alkyl carbamates (subject to hydrolysis) is 1. The van der Waals surface area contributed by atoms with E-state index in [1.54, 1.807) is 0 Å². The van der Waals surface area contributed by atoms with Gasteiger partial charge in [-0.2, -0.15) is 0 Å². The van der Waals surface area contributed by atoms with Gasteiger partial charge in [-0.25, -0.2) is 4.79 Å². The number of allylic oxidation sites excluding steroid dienone is 1. The number of ether oxygens (including phenoxy) is 1. The number of hydrogen-bond donors (Lipinski definition) is 2. The van der Waals surface area contributed by atoms with Crippen molar-refractivity contribution in [3.8, 4) is 0 Å². The summed E-state index contributed by atoms with van der Waals surface area (Å²) in [6, 6.07) is 0. The Kier molecular flexibility index (Phi) is 10.1. The SMILES string of the molecule is C/C=C\CCN(CC(C)C)C[C@@H](O)CNC(=O)OC(C)(C)C. The molecule has 130 valence electrons. The van der Waals surface area contributed by atoms with Gasteiger partial charge in [0, 0.05) is 26.2 Å². The fourth-order valence-electron chi connectivity index (χ4n) is 2.08. The summed E-state index contributed by atoms with van der Waals surface area (Å²) in [6.45, 7) is 14.4. The van der Waals surface area contributed by atoms with Gasteiger partial charge >= 0.3 is 6.09 Å². The molecule has 0 saturated heterocycles. The summed E-state index contributed by atoms with van der Waals surface area (Å²) in [5.74, 6) is 0.539. The van der Waals surface area contributed by atoms with Crippen molar-refractivity contribution in [3.63, 3.8) is 0 Å². The molecule has 0 rings (SSSR count). The number of carbonyl (C=O) groups is 1. The lowest BCUT2D eigenvalue weighted by Crippen LogP contribution is -2.43. The van der Waals surface area contributed by atoms with Crippen LogP contribution >= 0.6 is 0 Å². The molecule has 0 unspecified atom stereocenters. The average Bonchev–Trinajstić information content (AvgIpc) is 2.33. The zero-order valence-corrected chi connectivity index (χ0v) is 15.1. The maximum Gasteiger partial charge on any atom is 0.407 e. The Morgan fingerprint density at radius 1 is 1.32 bits per heavy atom. The van der Waals surface area contributed by atoms with Crippen molar-refractivity contribution in [3.05, 3.63) is 12.2 Å². The van der Waals surface area contributed by atoms with Gasteiger partial charge in [-0.1, -0.05) is 26.0 Å². The molecule has 0 heterocycles. The van der Waals surface area contributed by atoms with E-state index in [0.717, 1.165) is 19.5 Å². The fourth-order valence-corrected chi connectivity index (χ4v) is 2.08. The minimum atomic E-state index is -0.600. The Balaban J connectivity index is 4.20. The highest BCUT2D eigenvalue weighted by molar-refractivity contribution is 5.67. The molecule has 2 N–H and O–H groups in total. The standard InChI is InChI=1S/C17H34N2O3/c1-7-8-9-10-19(12-14(2)3)13-15(20)11-18-16(21)22-17(4,5)6/h7-8,14-15,20H,9-13H2,1-6H3,(H,18,21)/b8-7-/t15-/m0/s1. The Bertz CT molecular complexity index is 335. The summed E-state index contributed by atoms with van der Waals surface area (Å²) in [5.41, 5.74) is -0.523. The lowest BCUT2D eigenvalue weighted by molar-refractivity contribution is 0.0465. The van der Waals surface area contributed by atoms with Crippen molar-refractivity contribution in [2.75, 3.05) is 26.2 Å². The van der Waals surface area contributed by atoms with Crippen LogP contribution in [-0.4, -0.2) is 54.0 Å². The van der Waals surface area contributed by atoms with Crippen LogP contribution in [-0.2, 0) is 4.74 Å². The lowest BCUT2D eigenvalue weighted by Gasteiger charge is -2.27. The van der Waals surface area contributed by atoms with E-state index in [2.05, 4.69) is 30.1 Å². The largest absolute Gasteiger partial charge is 0.444 e. The third kappa shape index (κ3) is 12.7. The quantitative estimate of drug-likeness (QED) is 0.642. The number of amides is 1. The molecule has 0 aromatic rings. The number of carbonyl (C=O) groups excluding carboxylic acids is 1. The van der Waals surface area contributed by atoms with Gasteiger partial charge in [0.15, 0.2) is 0 Å². The molecule has 0 aromatic heterocycles. The fraction of sp³-hybridized carbons (Fsp3) is 0.824. The van der Waals surface area contributed by atoms with Crippen LogP contribution in [0.3, 0.4) is 0 Å². The highest BCUT2D eigenvalue weighted by Gasteiger charge is 2.18. The number of rotatable bonds is 9. The van der Waals surface area contributed by atoms with Gasteiger partial charge in [0.25, 0.3) is 0 Å². The zero-order valence-electron chi connectivity index (χ0n) is 15.1. The summed E-state index contributed by atoms with van der Waals surface area (Å²) in [6.07, 6.45) is 4.04. The van der Waals surface area contributed by atoms with Crippen molar-refractivity contribution >= 4 is 6.09 Å². The third-order valence-corrected chi connectivity index (χ3v) is 2.82. The van der Waals surface area contributed by atoms with E-state index in [0.29, 0.717) is 12.5 Å². The first kappa shape index (κ1) is 20.9. The van der Waals surface area contributed by atoms with Gasteiger partial charge in [-0.15, -0.1) is 0 Å². The Morgan fingerprint density at radius 3 is 2.45 bits per heavy atom. The molecular formula is C17H34N2O3. The predicted molar refractivity (Wildman–Crippen MR) is 91.0 cm³/mol. The highest BCUT2D eigenvalue weighted by Crippen LogP contribution is 2.06. The van der Waals surface area contributed by atoms with E-state index in [1.807, 2.05) is 33.8 Å². The second-order valence-corrected chi connectivity index (χ2v) is 7.05. The topological polar surface area (TPSA) is 61.8 Å². The molecule has 0 fully saturated rings. The van der Waals surface area contributed by atoms with E-state index in [9.17, 15) is 9.90 Å². The molecule has 0 radical (unpaired) electrons. The average molecular weight is 314 g/mol. The van der Waals surface area contributed by atoms with Crippen molar-refractivity contribution in [2.45, 2.75) is 59.7 Å². The normalized spacial score (nSPS) is 13.9. The van der Waals surface area contributed by atoms with Crippen LogP contribution < -0.4 is 5.32 Å². The van der Waals surface area contributed by atoms with Crippen LogP contribution in [0.2, 0.25) is 0 Å². The van der Waals surface area contributed by atoms with Crippen molar-refractivity contribution < 1.29 is 14.6 Å². The Morgan fingerprint density at radius 2 is 1.95 bits per heavy atom. The Hall–Kier alpha value is -1.07. The summed E-state index contributed by atoms with van der Waals surface area (Å²) in [7, 11) is 0. The molecule has 0 saturated carbocycles. The van der Waals surface area contributed by atoms with Crippen molar-refractivity contribution in [2.24, 2.45) is 5.92 Å². The molecule has 5 heteroatoms. The second kappa shape index (κ2) is 10.6. The molecule has 0 bridgehead atoms. The van der Waals surface area contributed by atoms with Crippen LogP contribution in [0.5, 0.6) is 0 Å². The van der Waals surface area contributed by atoms with E-state index in [-0.39, 0.29) is 6.54 Å². The molecule has 0 aromatic carbocycles. The molecular weight excluding hydrogens is 280 g/mol. The number of hydrogen-bond acceptors (Lipinski definition) is 4. The molecule has 0 aliphatic heterocycles. The van der Waals surface area contributed by atoms with Crippen molar-refractivity contribution in [1.29, 1.82) is 0 Å². The smallest absolute Gasteiger partial charge is 0.407 e. The van der Waals surface area contributed by atoms with Crippen LogP contribution in [0.25, 0.3) is 0 Å². The predicted octanol–water partition coefficient (Wildman–Crippen LogP) is 2.80. The van der Waals surface area contributed by atoms with E-state index in [1.165, 1.54) is 0 Å². The van der Waals surface area contributed by atoms with Crippen molar-refractivity contribution in [1.82, 2.24) is 10.2 Å². The van der Waals surface area contributed by atoms with Gasteiger partial charge in [-0.3, -0.25) is 0 Å². The maximum absolute atomic E-state index is 11.6. The molecule has 1 atom stereocenters. The van der Waals surface area contributed by atoms with Crippen LogP contribution in [0.1, 0.15) is 48.0 Å². The summed E-state index contributed by atoms with van der Waals surface area (Å²) < 4.78 is 5.15. The molecule has 0 aliphatic carbocycles. The first-order valence-electron chi connectivity index (χ1n) is 8.12. The summed E-state index contributed by atoms with van der Waals surface area (Å²) >= 11 is 0. The van der Waals surface area contributed by atoms with E-state index in [4.69, 9.17) is 4.74 Å². The van der Waals surface area contributed by atoms with Gasteiger partial charge in [0.1, 0.15) is 5.60 Å². The number of aliphatic hydroxyl groups excluding tert-OH is 1. The van der Waals surface area contributed by atoms with Gasteiger partial charge in [0.05, 0.1) is 6.10 Å². The lowest BCUT2D eigenvalue weighted by atomic mass is 10.2. The molecule has 5 nitrogen and oxygen atoms in total. The first-order valence-corrected chi connectivity index (χ1v) is 8.12. The molecule has 22 heavy (non-hydrogen) atoms. The summed E-state index contributed by atoms with van der Waals surface area (Å²) in [5, 5.41) is 12.7. The second-order valence-electron chi connectivity index (χ2n) is 7.05. The third-order valence-electron chi connectivity index (χ3n) is 2.82. The van der Waals surface area contributed by atoms with Crippen LogP contribution in [0.4, 0.5) is 4.79 Å². The number of aliphatic hydroxyl groups is 1. The van der Waals surface area contributed by atoms with Gasteiger partial charge < -0.3 is 20.1 Å². The molecule has 0 spiro atoms. The summed E-state index contributed by atoms with van der Waals surface area (Å²) in [4.78, 5) is 13.8. The first-order chi connectivity index (χ1) is 10.1. The van der Waals surface area contributed by atoms with E-state index < -0.39 is 17.8 Å². The minimum Gasteiger partial charge on any atom is -0.444 e. The van der Waals surface area contributed by atoms with Crippen LogP contribution in [0, 0.1) is 5.92 Å². The highest BCUT2D eigenvalue weighted by atomic mass is 16.6. The number of nitrogens with one attached hydrogen (secondary N) is 1. The van der Waals surface area contributed by atoms with Gasteiger partial charge in [0.2, 0.25) is 0 Å². The minimum absolute atomic E-state index is 0.202. The molecule has 1 amide bonds. The van der Waals surface area contributed by atoms with Gasteiger partial charge in [-0.05, 0) is 40.0 Å². The Labute approximate surface area is 135 Å². The van der Waals surface area contributed by atoms with E-state index >= 15 is 0 Å². The maximum atomic E-state index is 11.6. The molecule has 0 aliphatic rings. The monoisotopic (exact) mass is 314 g/mol.